The van der Waals surface area contributed by atoms with Crippen molar-refractivity contribution in [3.63, 3.8) is 0 Å². The van der Waals surface area contributed by atoms with Gasteiger partial charge in [0.05, 0.1) is 5.69 Å². The molecule has 0 aliphatic carbocycles. The third kappa shape index (κ3) is 2.27. The summed E-state index contributed by atoms with van der Waals surface area (Å²) in [5, 5.41) is 2.94. The summed E-state index contributed by atoms with van der Waals surface area (Å²) < 4.78 is 32.2. The number of nitrogen functional groups attached to an aromatic ring is 1. The Hall–Kier alpha value is -1.70. The second-order valence-corrected chi connectivity index (χ2v) is 8.02. The molecule has 1 heterocycles. The molecule has 2 aromatic carbocycles. The van der Waals surface area contributed by atoms with E-state index in [1.165, 1.54) is 0 Å². The van der Waals surface area contributed by atoms with Crippen molar-refractivity contribution in [1.82, 2.24) is 0 Å². The van der Waals surface area contributed by atoms with Crippen LogP contribution in [0.2, 0.25) is 0 Å². The molecule has 0 bridgehead atoms. The van der Waals surface area contributed by atoms with E-state index in [2.05, 4.69) is 5.32 Å². The molecule has 0 unspecified atom stereocenters. The standard InChI is InChI=1S/C14H14N2O3S2/c1-9-2-7-12-13(8-9)20-14(16-12,21(17,18)19)10-3-5-11(15)6-4-10/h2-8,16H,15H2,1H3,(H,17,18,19)/t14-/m1/s1. The lowest BCUT2D eigenvalue weighted by Gasteiger charge is -2.26. The first kappa shape index (κ1) is 14.2. The number of fused-ring (bicyclic) bond motifs is 1. The van der Waals surface area contributed by atoms with E-state index in [0.717, 1.165) is 22.2 Å². The fraction of sp³-hybridized carbons (Fsp3) is 0.143. The smallest absolute Gasteiger partial charge is 0.304 e. The molecule has 1 aliphatic heterocycles. The van der Waals surface area contributed by atoms with Crippen LogP contribution in [-0.2, 0) is 14.3 Å². The average Bonchev–Trinajstić information content (AvgIpc) is 2.78. The van der Waals surface area contributed by atoms with Crippen molar-refractivity contribution in [3.05, 3.63) is 53.6 Å². The maximum absolute atomic E-state index is 12.0. The lowest BCUT2D eigenvalue weighted by molar-refractivity contribution is 0.468. The van der Waals surface area contributed by atoms with Crippen molar-refractivity contribution >= 4 is 33.3 Å². The Bertz CT molecular complexity index is 803. The van der Waals surface area contributed by atoms with E-state index >= 15 is 0 Å². The number of rotatable bonds is 2. The fourth-order valence-electron chi connectivity index (χ4n) is 2.27. The summed E-state index contributed by atoms with van der Waals surface area (Å²) in [4.78, 5) is 0.782. The van der Waals surface area contributed by atoms with Crippen LogP contribution in [0.15, 0.2) is 47.4 Å². The molecular weight excluding hydrogens is 308 g/mol. The van der Waals surface area contributed by atoms with Gasteiger partial charge in [0, 0.05) is 16.1 Å². The number of hydrogen-bond acceptors (Lipinski definition) is 5. The van der Waals surface area contributed by atoms with E-state index in [0.29, 0.717) is 16.9 Å². The van der Waals surface area contributed by atoms with E-state index in [-0.39, 0.29) is 0 Å². The van der Waals surface area contributed by atoms with Crippen molar-refractivity contribution in [2.24, 2.45) is 0 Å². The van der Waals surface area contributed by atoms with Crippen molar-refractivity contribution in [2.75, 3.05) is 11.1 Å². The molecule has 7 heteroatoms. The van der Waals surface area contributed by atoms with Crippen LogP contribution in [0.25, 0.3) is 0 Å². The quantitative estimate of drug-likeness (QED) is 0.581. The first-order chi connectivity index (χ1) is 9.82. The molecule has 0 radical (unpaired) electrons. The van der Waals surface area contributed by atoms with Gasteiger partial charge in [0.25, 0.3) is 0 Å². The molecule has 0 aromatic heterocycles. The molecule has 110 valence electrons. The van der Waals surface area contributed by atoms with Crippen LogP contribution in [0, 0.1) is 6.92 Å². The number of benzene rings is 2. The lowest BCUT2D eigenvalue weighted by Crippen LogP contribution is -2.37. The van der Waals surface area contributed by atoms with Gasteiger partial charge in [-0.2, -0.15) is 8.42 Å². The third-order valence-electron chi connectivity index (χ3n) is 3.34. The van der Waals surface area contributed by atoms with E-state index < -0.39 is 14.3 Å². The molecular formula is C14H14N2O3S2. The molecule has 4 N–H and O–H groups in total. The van der Waals surface area contributed by atoms with Gasteiger partial charge in [0.15, 0.2) is 0 Å². The average molecular weight is 322 g/mol. The molecule has 3 rings (SSSR count). The van der Waals surface area contributed by atoms with Gasteiger partial charge < -0.3 is 11.1 Å². The number of nitrogens with one attached hydrogen (secondary N) is 1. The maximum Gasteiger partial charge on any atom is 0.304 e. The van der Waals surface area contributed by atoms with Gasteiger partial charge in [0.1, 0.15) is 0 Å². The molecule has 2 aromatic rings. The van der Waals surface area contributed by atoms with Crippen molar-refractivity contribution < 1.29 is 13.0 Å². The van der Waals surface area contributed by atoms with Crippen molar-refractivity contribution in [2.45, 2.75) is 16.0 Å². The van der Waals surface area contributed by atoms with Crippen LogP contribution in [0.4, 0.5) is 11.4 Å². The Morgan fingerprint density at radius 1 is 1.19 bits per heavy atom. The second kappa shape index (κ2) is 4.66. The molecule has 0 spiro atoms. The van der Waals surface area contributed by atoms with Gasteiger partial charge in [-0.3, -0.25) is 4.55 Å². The highest BCUT2D eigenvalue weighted by Gasteiger charge is 2.50. The summed E-state index contributed by atoms with van der Waals surface area (Å²) in [5.41, 5.74) is 8.30. The summed E-state index contributed by atoms with van der Waals surface area (Å²) in [6, 6.07) is 12.0. The first-order valence-electron chi connectivity index (χ1n) is 6.23. The highest BCUT2D eigenvalue weighted by Crippen LogP contribution is 2.54. The number of anilines is 2. The van der Waals surface area contributed by atoms with Crippen LogP contribution in [0.1, 0.15) is 11.1 Å². The highest BCUT2D eigenvalue weighted by atomic mass is 32.3. The Morgan fingerprint density at radius 3 is 2.48 bits per heavy atom. The monoisotopic (exact) mass is 322 g/mol. The minimum absolute atomic E-state index is 0.429. The normalized spacial score (nSPS) is 20.9. The van der Waals surface area contributed by atoms with E-state index in [1.54, 1.807) is 24.3 Å². The zero-order valence-corrected chi connectivity index (χ0v) is 12.8. The summed E-state index contributed by atoms with van der Waals surface area (Å²) in [6.07, 6.45) is 0. The maximum atomic E-state index is 12.0. The van der Waals surface area contributed by atoms with Gasteiger partial charge in [-0.05, 0) is 36.8 Å². The fourth-order valence-corrected chi connectivity index (χ4v) is 4.84. The molecule has 21 heavy (non-hydrogen) atoms. The molecule has 1 aliphatic rings. The van der Waals surface area contributed by atoms with Crippen LogP contribution in [0.3, 0.4) is 0 Å². The minimum atomic E-state index is -4.40. The van der Waals surface area contributed by atoms with Crippen LogP contribution in [-0.4, -0.2) is 13.0 Å². The minimum Gasteiger partial charge on any atom is -0.399 e. The Balaban J connectivity index is 2.17. The second-order valence-electron chi connectivity index (χ2n) is 4.94. The van der Waals surface area contributed by atoms with Crippen molar-refractivity contribution in [3.8, 4) is 0 Å². The predicted octanol–water partition coefficient (Wildman–Crippen LogP) is 2.79. The van der Waals surface area contributed by atoms with E-state index in [1.807, 2.05) is 25.1 Å². The van der Waals surface area contributed by atoms with Crippen LogP contribution >= 0.6 is 11.8 Å². The molecule has 1 atom stereocenters. The molecule has 0 amide bonds. The molecule has 0 saturated heterocycles. The van der Waals surface area contributed by atoms with Crippen LogP contribution < -0.4 is 11.1 Å². The van der Waals surface area contributed by atoms with E-state index in [9.17, 15) is 13.0 Å². The van der Waals surface area contributed by atoms with Gasteiger partial charge in [-0.15, -0.1) is 0 Å². The Labute approximate surface area is 127 Å². The summed E-state index contributed by atoms with van der Waals surface area (Å²) in [6.45, 7) is 1.93. The van der Waals surface area contributed by atoms with Gasteiger partial charge in [-0.1, -0.05) is 30.0 Å². The zero-order chi connectivity index (χ0) is 15.3. The zero-order valence-electron chi connectivity index (χ0n) is 11.2. The number of nitrogens with two attached hydrogens (primary N) is 1. The Kier molecular flexibility index (Phi) is 3.16. The molecule has 0 saturated carbocycles. The van der Waals surface area contributed by atoms with Gasteiger partial charge in [0.2, 0.25) is 4.20 Å². The summed E-state index contributed by atoms with van der Waals surface area (Å²) >= 11 is 1.07. The third-order valence-corrected chi connectivity index (χ3v) is 6.47. The SMILES string of the molecule is Cc1ccc2c(c1)S[C@](c1ccc(N)cc1)(S(=O)(=O)O)N2. The number of thioether (sulfide) groups is 1. The highest BCUT2D eigenvalue weighted by molar-refractivity contribution is 8.12. The summed E-state index contributed by atoms with van der Waals surface area (Å²) in [5.74, 6) is 0. The predicted molar refractivity (Wildman–Crippen MR) is 84.7 cm³/mol. The molecule has 5 nitrogen and oxygen atoms in total. The first-order valence-corrected chi connectivity index (χ1v) is 8.48. The summed E-state index contributed by atoms with van der Waals surface area (Å²) in [7, 11) is -4.40. The number of aryl methyl sites for hydroxylation is 1. The molecule has 0 fully saturated rings. The number of hydrogen-bond donors (Lipinski definition) is 3. The van der Waals surface area contributed by atoms with Crippen LogP contribution in [0.5, 0.6) is 0 Å². The van der Waals surface area contributed by atoms with Crippen molar-refractivity contribution in [1.29, 1.82) is 0 Å². The largest absolute Gasteiger partial charge is 0.399 e. The lowest BCUT2D eigenvalue weighted by atomic mass is 10.2. The van der Waals surface area contributed by atoms with Gasteiger partial charge in [-0.25, -0.2) is 0 Å². The Morgan fingerprint density at radius 2 is 1.86 bits per heavy atom. The van der Waals surface area contributed by atoms with Gasteiger partial charge >= 0.3 is 10.1 Å². The topological polar surface area (TPSA) is 92.4 Å². The van der Waals surface area contributed by atoms with E-state index in [4.69, 9.17) is 5.73 Å².